The number of nitrogens with zero attached hydrogens (tertiary/aromatic N) is 1. The molecule has 1 saturated carbocycles. The van der Waals surface area contributed by atoms with Crippen molar-refractivity contribution >= 4 is 29.5 Å². The Kier molecular flexibility index (Phi) is 3.94. The summed E-state index contributed by atoms with van der Waals surface area (Å²) < 4.78 is 0. The van der Waals surface area contributed by atoms with Crippen LogP contribution in [0.3, 0.4) is 0 Å². The average Bonchev–Trinajstić information content (AvgIpc) is 2.60. The zero-order valence-corrected chi connectivity index (χ0v) is 11.1. The number of aliphatic carboxylic acids is 1. The molecule has 2 amide bonds. The maximum Gasteiger partial charge on any atom is 0.327 e. The van der Waals surface area contributed by atoms with Crippen molar-refractivity contribution in [1.29, 1.82) is 0 Å². The Morgan fingerprint density at radius 3 is 2.22 bits per heavy atom. The minimum atomic E-state index is -1.09. The average molecular weight is 271 g/mol. The molecule has 0 spiro atoms. The summed E-state index contributed by atoms with van der Waals surface area (Å²) in [6, 6.07) is -1.01. The summed E-state index contributed by atoms with van der Waals surface area (Å²) in [5.74, 6) is -1.92. The SMILES string of the molecule is CSC[C@H](C(=O)O)N1C(=O)[C@H]2CCCC[C@H]2C1=O. The molecule has 0 aromatic carbocycles. The van der Waals surface area contributed by atoms with Gasteiger partial charge >= 0.3 is 5.97 Å². The minimum Gasteiger partial charge on any atom is -0.480 e. The lowest BCUT2D eigenvalue weighted by Crippen LogP contribution is -2.47. The maximum atomic E-state index is 12.2. The molecule has 2 aliphatic rings. The van der Waals surface area contributed by atoms with Crippen LogP contribution in [0.5, 0.6) is 0 Å². The molecule has 18 heavy (non-hydrogen) atoms. The van der Waals surface area contributed by atoms with Crippen LogP contribution in [-0.2, 0) is 14.4 Å². The van der Waals surface area contributed by atoms with Gasteiger partial charge in [-0.25, -0.2) is 4.79 Å². The molecule has 0 aromatic heterocycles. The van der Waals surface area contributed by atoms with E-state index in [9.17, 15) is 19.5 Å². The lowest BCUT2D eigenvalue weighted by atomic mass is 9.81. The minimum absolute atomic E-state index is 0.256. The molecule has 1 N–H and O–H groups in total. The Morgan fingerprint density at radius 1 is 1.33 bits per heavy atom. The Hall–Kier alpha value is -1.04. The molecular weight excluding hydrogens is 254 g/mol. The molecular formula is C12H17NO4S. The number of carbonyl (C=O) groups excluding carboxylic acids is 2. The van der Waals surface area contributed by atoms with E-state index in [1.54, 1.807) is 6.26 Å². The van der Waals surface area contributed by atoms with Gasteiger partial charge in [-0.1, -0.05) is 12.8 Å². The maximum absolute atomic E-state index is 12.2. The van der Waals surface area contributed by atoms with Crippen LogP contribution >= 0.6 is 11.8 Å². The van der Waals surface area contributed by atoms with Gasteiger partial charge in [-0.15, -0.1) is 0 Å². The van der Waals surface area contributed by atoms with Crippen molar-refractivity contribution in [2.75, 3.05) is 12.0 Å². The van der Waals surface area contributed by atoms with Crippen LogP contribution in [-0.4, -0.2) is 45.8 Å². The first-order valence-corrected chi connectivity index (χ1v) is 7.56. The van der Waals surface area contributed by atoms with Gasteiger partial charge in [-0.3, -0.25) is 14.5 Å². The molecule has 2 rings (SSSR count). The molecule has 0 radical (unpaired) electrons. The van der Waals surface area contributed by atoms with E-state index in [1.807, 2.05) is 0 Å². The standard InChI is InChI=1S/C12H17NO4S/c1-18-6-9(12(16)17)13-10(14)7-4-2-3-5-8(7)11(13)15/h7-9H,2-6H2,1H3,(H,16,17)/t7-,8+,9-/m1/s1. The first-order chi connectivity index (χ1) is 8.57. The summed E-state index contributed by atoms with van der Waals surface area (Å²) in [4.78, 5) is 36.6. The number of fused-ring (bicyclic) bond motifs is 1. The smallest absolute Gasteiger partial charge is 0.327 e. The Bertz CT molecular complexity index is 360. The van der Waals surface area contributed by atoms with E-state index < -0.39 is 12.0 Å². The van der Waals surface area contributed by atoms with Crippen LogP contribution in [0.4, 0.5) is 0 Å². The summed E-state index contributed by atoms with van der Waals surface area (Å²) in [6.07, 6.45) is 5.12. The molecule has 5 nitrogen and oxygen atoms in total. The van der Waals surface area contributed by atoms with E-state index in [4.69, 9.17) is 0 Å². The van der Waals surface area contributed by atoms with Gasteiger partial charge in [-0.05, 0) is 19.1 Å². The third-order valence-electron chi connectivity index (χ3n) is 3.80. The molecule has 2 fully saturated rings. The van der Waals surface area contributed by atoms with E-state index in [0.717, 1.165) is 30.6 Å². The third kappa shape index (κ3) is 2.13. The highest BCUT2D eigenvalue weighted by Crippen LogP contribution is 2.39. The van der Waals surface area contributed by atoms with Crippen molar-refractivity contribution in [2.24, 2.45) is 11.8 Å². The number of imide groups is 1. The van der Waals surface area contributed by atoms with Gasteiger partial charge in [0.1, 0.15) is 6.04 Å². The highest BCUT2D eigenvalue weighted by Gasteiger charge is 2.51. The lowest BCUT2D eigenvalue weighted by molar-refractivity contribution is -0.154. The quantitative estimate of drug-likeness (QED) is 0.771. The fourth-order valence-corrected chi connectivity index (χ4v) is 3.52. The van der Waals surface area contributed by atoms with Crippen molar-refractivity contribution in [1.82, 2.24) is 4.90 Å². The van der Waals surface area contributed by atoms with Crippen LogP contribution in [0, 0.1) is 11.8 Å². The van der Waals surface area contributed by atoms with Gasteiger partial charge in [-0.2, -0.15) is 11.8 Å². The van der Waals surface area contributed by atoms with Crippen LogP contribution in [0.15, 0.2) is 0 Å². The summed E-state index contributed by atoms with van der Waals surface area (Å²) in [6.45, 7) is 0. The summed E-state index contributed by atoms with van der Waals surface area (Å²) in [5, 5.41) is 9.17. The second-order valence-corrected chi connectivity index (χ2v) is 5.76. The number of carboxylic acids is 1. The summed E-state index contributed by atoms with van der Waals surface area (Å²) >= 11 is 1.34. The predicted octanol–water partition coefficient (Wildman–Crippen LogP) is 0.978. The second kappa shape index (κ2) is 5.30. The van der Waals surface area contributed by atoms with E-state index in [0.29, 0.717) is 0 Å². The number of thioether (sulfide) groups is 1. The van der Waals surface area contributed by atoms with E-state index >= 15 is 0 Å². The highest BCUT2D eigenvalue weighted by atomic mass is 32.2. The molecule has 100 valence electrons. The molecule has 0 bridgehead atoms. The van der Waals surface area contributed by atoms with Gasteiger partial charge < -0.3 is 5.11 Å². The third-order valence-corrected chi connectivity index (χ3v) is 4.45. The van der Waals surface area contributed by atoms with Gasteiger partial charge in [0.15, 0.2) is 0 Å². The summed E-state index contributed by atoms with van der Waals surface area (Å²) in [5.41, 5.74) is 0. The molecule has 1 saturated heterocycles. The van der Waals surface area contributed by atoms with Gasteiger partial charge in [0.25, 0.3) is 0 Å². The fourth-order valence-electron chi connectivity index (χ4n) is 2.91. The molecule has 1 aliphatic carbocycles. The van der Waals surface area contributed by atoms with E-state index in [-0.39, 0.29) is 29.4 Å². The van der Waals surface area contributed by atoms with E-state index in [1.165, 1.54) is 11.8 Å². The molecule has 0 unspecified atom stereocenters. The number of hydrogen-bond donors (Lipinski definition) is 1. The fraction of sp³-hybridized carbons (Fsp3) is 0.750. The number of carbonyl (C=O) groups is 3. The molecule has 3 atom stereocenters. The number of likely N-dealkylation sites (tertiary alicyclic amines) is 1. The van der Waals surface area contributed by atoms with Crippen molar-refractivity contribution in [3.8, 4) is 0 Å². The molecule has 0 aromatic rings. The van der Waals surface area contributed by atoms with Crippen LogP contribution < -0.4 is 0 Å². The normalized spacial score (nSPS) is 29.3. The topological polar surface area (TPSA) is 74.7 Å². The Morgan fingerprint density at radius 2 is 1.83 bits per heavy atom. The number of rotatable bonds is 4. The Labute approximate surface area is 110 Å². The monoisotopic (exact) mass is 271 g/mol. The number of hydrogen-bond acceptors (Lipinski definition) is 4. The zero-order chi connectivity index (χ0) is 13.3. The first-order valence-electron chi connectivity index (χ1n) is 6.16. The largest absolute Gasteiger partial charge is 0.480 e. The lowest BCUT2D eigenvalue weighted by Gasteiger charge is -2.22. The van der Waals surface area contributed by atoms with Crippen molar-refractivity contribution in [3.63, 3.8) is 0 Å². The van der Waals surface area contributed by atoms with Crippen LogP contribution in [0.25, 0.3) is 0 Å². The molecule has 1 heterocycles. The van der Waals surface area contributed by atoms with Crippen LogP contribution in [0.2, 0.25) is 0 Å². The van der Waals surface area contributed by atoms with Crippen molar-refractivity contribution < 1.29 is 19.5 Å². The molecule has 6 heteroatoms. The summed E-state index contributed by atoms with van der Waals surface area (Å²) in [7, 11) is 0. The van der Waals surface area contributed by atoms with Crippen LogP contribution in [0.1, 0.15) is 25.7 Å². The second-order valence-electron chi connectivity index (χ2n) is 4.85. The first kappa shape index (κ1) is 13.4. The number of carboxylic acid groups (broad SMARTS) is 1. The van der Waals surface area contributed by atoms with Crippen molar-refractivity contribution in [2.45, 2.75) is 31.7 Å². The molecule has 1 aliphatic heterocycles. The van der Waals surface area contributed by atoms with Gasteiger partial charge in [0, 0.05) is 5.75 Å². The number of amides is 2. The predicted molar refractivity (Wildman–Crippen MR) is 67.1 cm³/mol. The van der Waals surface area contributed by atoms with E-state index in [2.05, 4.69) is 0 Å². The van der Waals surface area contributed by atoms with Gasteiger partial charge in [0.2, 0.25) is 11.8 Å². The zero-order valence-electron chi connectivity index (χ0n) is 10.3. The van der Waals surface area contributed by atoms with Crippen molar-refractivity contribution in [3.05, 3.63) is 0 Å². The highest BCUT2D eigenvalue weighted by molar-refractivity contribution is 7.98. The Balaban J connectivity index is 2.24. The van der Waals surface area contributed by atoms with Gasteiger partial charge in [0.05, 0.1) is 11.8 Å².